The van der Waals surface area contributed by atoms with E-state index in [1.165, 1.54) is 4.57 Å². The van der Waals surface area contributed by atoms with E-state index in [0.717, 1.165) is 17.4 Å². The third-order valence-corrected chi connectivity index (χ3v) is 6.78. The number of carbonyl (C=O) groups is 1. The van der Waals surface area contributed by atoms with Crippen LogP contribution < -0.4 is 16.6 Å². The average molecular weight is 480 g/mol. The second kappa shape index (κ2) is 8.63. The molecule has 3 aromatic rings. The molecule has 32 heavy (non-hydrogen) atoms. The highest BCUT2D eigenvalue weighted by Crippen LogP contribution is 2.27. The first-order valence-electron chi connectivity index (χ1n) is 10.3. The van der Waals surface area contributed by atoms with Crippen LogP contribution in [0.1, 0.15) is 31.2 Å². The zero-order chi connectivity index (χ0) is 23.2. The Morgan fingerprint density at radius 1 is 1.19 bits per heavy atom. The number of aliphatic carboxylic acids is 1. The van der Waals surface area contributed by atoms with E-state index in [2.05, 4.69) is 10.3 Å². The summed E-state index contributed by atoms with van der Waals surface area (Å²) < 4.78 is 4.08. The predicted molar refractivity (Wildman–Crippen MR) is 123 cm³/mol. The number of aryl methyl sites for hydroxylation is 2. The zero-order valence-corrected chi connectivity index (χ0v) is 19.2. The first-order valence-corrected chi connectivity index (χ1v) is 11.0. The molecule has 2 aromatic heterocycles. The normalized spacial score (nSPS) is 18.8. The van der Waals surface area contributed by atoms with Gasteiger partial charge < -0.3 is 15.0 Å². The standard InChI is InChI=1S/C21H23Cl2N5O4/c1-26-16-17(25-20(26)24-13-5-3-4-12(9-13)19(30)31)27(2)21(32)28(18(16)29)10-11-6-7-14(22)15(23)8-11/h6-8,12-13H,3-5,9-10H2,1-2H3,(H,24,25)(H,30,31)/t12-,13?/m1/s1. The van der Waals surface area contributed by atoms with Crippen molar-refractivity contribution in [3.05, 3.63) is 54.6 Å². The van der Waals surface area contributed by atoms with Crippen LogP contribution in [0.2, 0.25) is 10.0 Å². The molecule has 4 rings (SSSR count). The van der Waals surface area contributed by atoms with E-state index in [4.69, 9.17) is 23.2 Å². The Hall–Kier alpha value is -2.78. The maximum Gasteiger partial charge on any atom is 0.332 e. The number of nitrogens with zero attached hydrogens (tertiary/aromatic N) is 4. The maximum atomic E-state index is 13.2. The minimum absolute atomic E-state index is 0.0369. The first kappa shape index (κ1) is 22.4. The molecule has 1 fully saturated rings. The van der Waals surface area contributed by atoms with E-state index >= 15 is 0 Å². The fourth-order valence-electron chi connectivity index (χ4n) is 4.26. The Morgan fingerprint density at radius 2 is 1.94 bits per heavy atom. The molecule has 1 saturated carbocycles. The second-order valence-electron chi connectivity index (χ2n) is 8.19. The van der Waals surface area contributed by atoms with Crippen LogP contribution in [0.3, 0.4) is 0 Å². The Labute approximate surface area is 193 Å². The highest BCUT2D eigenvalue weighted by Gasteiger charge is 2.28. The number of carboxylic acid groups (broad SMARTS) is 1. The molecule has 0 saturated heterocycles. The van der Waals surface area contributed by atoms with Gasteiger partial charge in [-0.2, -0.15) is 4.98 Å². The molecule has 0 aliphatic heterocycles. The van der Waals surface area contributed by atoms with Crippen LogP contribution in [-0.4, -0.2) is 35.8 Å². The Morgan fingerprint density at radius 3 is 2.62 bits per heavy atom. The first-order chi connectivity index (χ1) is 15.2. The highest BCUT2D eigenvalue weighted by molar-refractivity contribution is 6.42. The molecule has 0 spiro atoms. The second-order valence-corrected chi connectivity index (χ2v) is 9.01. The lowest BCUT2D eigenvalue weighted by molar-refractivity contribution is -0.142. The van der Waals surface area contributed by atoms with Crippen molar-refractivity contribution in [3.63, 3.8) is 0 Å². The van der Waals surface area contributed by atoms with Crippen molar-refractivity contribution >= 4 is 46.3 Å². The molecule has 0 radical (unpaired) electrons. The van der Waals surface area contributed by atoms with Crippen LogP contribution in [0.25, 0.3) is 11.2 Å². The van der Waals surface area contributed by atoms with Gasteiger partial charge in [-0.05, 0) is 37.0 Å². The Balaban J connectivity index is 1.72. The lowest BCUT2D eigenvalue weighted by Crippen LogP contribution is -2.39. The summed E-state index contributed by atoms with van der Waals surface area (Å²) in [6, 6.07) is 4.88. The van der Waals surface area contributed by atoms with Crippen molar-refractivity contribution in [1.82, 2.24) is 18.7 Å². The topological polar surface area (TPSA) is 111 Å². The summed E-state index contributed by atoms with van der Waals surface area (Å²) >= 11 is 12.0. The Bertz CT molecular complexity index is 1330. The van der Waals surface area contributed by atoms with Crippen molar-refractivity contribution in [3.8, 4) is 0 Å². The third-order valence-electron chi connectivity index (χ3n) is 6.04. The van der Waals surface area contributed by atoms with Gasteiger partial charge in [0.1, 0.15) is 0 Å². The lowest BCUT2D eigenvalue weighted by Gasteiger charge is -2.27. The van der Waals surface area contributed by atoms with Crippen molar-refractivity contribution in [2.45, 2.75) is 38.3 Å². The highest BCUT2D eigenvalue weighted by atomic mass is 35.5. The van der Waals surface area contributed by atoms with Crippen LogP contribution >= 0.6 is 23.2 Å². The van der Waals surface area contributed by atoms with Gasteiger partial charge >= 0.3 is 11.7 Å². The number of hydrogen-bond acceptors (Lipinski definition) is 5. The average Bonchev–Trinajstić information content (AvgIpc) is 3.08. The number of benzene rings is 1. The minimum Gasteiger partial charge on any atom is -0.481 e. The van der Waals surface area contributed by atoms with E-state index in [1.54, 1.807) is 36.9 Å². The van der Waals surface area contributed by atoms with Gasteiger partial charge in [0.05, 0.1) is 22.5 Å². The molecule has 170 valence electrons. The third kappa shape index (κ3) is 4.02. The summed E-state index contributed by atoms with van der Waals surface area (Å²) in [5, 5.41) is 13.3. The SMILES string of the molecule is Cn1c(NC2CCC[C@@H](C(=O)O)C2)nc2c1c(=O)n(Cc1ccc(Cl)c(Cl)c1)c(=O)n2C. The molecule has 11 heteroatoms. The molecule has 0 bridgehead atoms. The fourth-order valence-corrected chi connectivity index (χ4v) is 4.58. The van der Waals surface area contributed by atoms with Crippen LogP contribution in [0.4, 0.5) is 5.95 Å². The fraction of sp³-hybridized carbons (Fsp3) is 0.429. The summed E-state index contributed by atoms with van der Waals surface area (Å²) in [6.45, 7) is 0.0369. The van der Waals surface area contributed by atoms with Crippen molar-refractivity contribution < 1.29 is 9.90 Å². The number of hydrogen-bond donors (Lipinski definition) is 2. The Kier molecular flexibility index (Phi) is 6.05. The van der Waals surface area contributed by atoms with Crippen LogP contribution in [0.5, 0.6) is 0 Å². The molecule has 1 unspecified atom stereocenters. The molecule has 1 aromatic carbocycles. The van der Waals surface area contributed by atoms with Crippen LogP contribution in [0, 0.1) is 5.92 Å². The molecule has 1 aliphatic carbocycles. The summed E-state index contributed by atoms with van der Waals surface area (Å²) in [4.78, 5) is 42.0. The van der Waals surface area contributed by atoms with Crippen LogP contribution in [-0.2, 0) is 25.4 Å². The number of nitrogens with one attached hydrogen (secondary N) is 1. The number of carboxylic acids is 1. The van der Waals surface area contributed by atoms with E-state index in [0.29, 0.717) is 34.4 Å². The van der Waals surface area contributed by atoms with Crippen LogP contribution in [0.15, 0.2) is 27.8 Å². The molecule has 2 heterocycles. The number of fused-ring (bicyclic) bond motifs is 1. The van der Waals surface area contributed by atoms with Crippen molar-refractivity contribution in [2.75, 3.05) is 5.32 Å². The van der Waals surface area contributed by atoms with Gasteiger partial charge in [0.15, 0.2) is 11.2 Å². The molecular formula is C21H23Cl2N5O4. The van der Waals surface area contributed by atoms with E-state index in [1.807, 2.05) is 0 Å². The largest absolute Gasteiger partial charge is 0.481 e. The quantitative estimate of drug-likeness (QED) is 0.581. The monoisotopic (exact) mass is 479 g/mol. The summed E-state index contributed by atoms with van der Waals surface area (Å²) in [7, 11) is 3.26. The summed E-state index contributed by atoms with van der Waals surface area (Å²) in [5.74, 6) is -0.770. The van der Waals surface area contributed by atoms with Gasteiger partial charge in [-0.3, -0.25) is 18.7 Å². The maximum absolute atomic E-state index is 13.2. The van der Waals surface area contributed by atoms with E-state index < -0.39 is 23.1 Å². The van der Waals surface area contributed by atoms with Gasteiger partial charge in [0.25, 0.3) is 5.56 Å². The zero-order valence-electron chi connectivity index (χ0n) is 17.6. The number of anilines is 1. The van der Waals surface area contributed by atoms with Crippen molar-refractivity contribution in [2.24, 2.45) is 20.0 Å². The molecule has 2 atom stereocenters. The smallest absolute Gasteiger partial charge is 0.332 e. The summed E-state index contributed by atoms with van der Waals surface area (Å²) in [6.07, 6.45) is 2.75. The van der Waals surface area contributed by atoms with Gasteiger partial charge in [-0.25, -0.2) is 4.79 Å². The lowest BCUT2D eigenvalue weighted by atomic mass is 9.86. The number of aromatic nitrogens is 4. The predicted octanol–water partition coefficient (Wildman–Crippen LogP) is 2.84. The minimum atomic E-state index is -0.797. The van der Waals surface area contributed by atoms with E-state index in [9.17, 15) is 19.5 Å². The molecular weight excluding hydrogens is 457 g/mol. The van der Waals surface area contributed by atoms with Gasteiger partial charge in [0, 0.05) is 20.1 Å². The van der Waals surface area contributed by atoms with Crippen molar-refractivity contribution in [1.29, 1.82) is 0 Å². The molecule has 2 N–H and O–H groups in total. The van der Waals surface area contributed by atoms with E-state index in [-0.39, 0.29) is 23.8 Å². The molecule has 0 amide bonds. The van der Waals surface area contributed by atoms with Gasteiger partial charge in [-0.1, -0.05) is 35.7 Å². The molecule has 9 nitrogen and oxygen atoms in total. The number of rotatable bonds is 5. The molecule has 1 aliphatic rings. The van der Waals surface area contributed by atoms with Gasteiger partial charge in [0.2, 0.25) is 5.95 Å². The van der Waals surface area contributed by atoms with Gasteiger partial charge in [-0.15, -0.1) is 0 Å². The number of halogens is 2. The number of imidazole rings is 1. The summed E-state index contributed by atoms with van der Waals surface area (Å²) in [5.41, 5.74) is 0.243.